The van der Waals surface area contributed by atoms with Gasteiger partial charge in [0.25, 0.3) is 0 Å². The van der Waals surface area contributed by atoms with E-state index in [1.807, 2.05) is 20.8 Å². The fourth-order valence-electron chi connectivity index (χ4n) is 1.95. The summed E-state index contributed by atoms with van der Waals surface area (Å²) in [5.74, 6) is 0. The first kappa shape index (κ1) is 17.9. The number of rotatable bonds is 3. The molecule has 0 spiro atoms. The van der Waals surface area contributed by atoms with Gasteiger partial charge in [0.1, 0.15) is 0 Å². The molecule has 1 aromatic carbocycles. The molecular formula is C15H18F6. The molecule has 0 fully saturated rings. The third-order valence-electron chi connectivity index (χ3n) is 4.26. The molecule has 0 radical (unpaired) electrons. The minimum Gasteiger partial charge on any atom is -0.170 e. The van der Waals surface area contributed by atoms with Crippen molar-refractivity contribution in [2.45, 2.75) is 57.3 Å². The Kier molecular flexibility index (Phi) is 4.43. The van der Waals surface area contributed by atoms with Crippen molar-refractivity contribution >= 4 is 0 Å². The van der Waals surface area contributed by atoms with Crippen LogP contribution in [0.25, 0.3) is 0 Å². The van der Waals surface area contributed by atoms with E-state index in [9.17, 15) is 26.3 Å². The lowest BCUT2D eigenvalue weighted by molar-refractivity contribution is -0.297. The molecule has 0 nitrogen and oxygen atoms in total. The van der Waals surface area contributed by atoms with E-state index < -0.39 is 23.3 Å². The van der Waals surface area contributed by atoms with E-state index in [0.29, 0.717) is 5.56 Å². The normalized spacial score (nSPS) is 14.4. The van der Waals surface area contributed by atoms with Crippen molar-refractivity contribution in [3.8, 4) is 0 Å². The van der Waals surface area contributed by atoms with Crippen molar-refractivity contribution in [3.05, 3.63) is 35.4 Å². The lowest BCUT2D eigenvalue weighted by Gasteiger charge is -2.35. The predicted molar refractivity (Wildman–Crippen MR) is 69.2 cm³/mol. The Morgan fingerprint density at radius 3 is 1.33 bits per heavy atom. The second kappa shape index (κ2) is 5.21. The summed E-state index contributed by atoms with van der Waals surface area (Å²) in [5.41, 5.74) is -4.25. The molecule has 1 rings (SSSR count). The van der Waals surface area contributed by atoms with Gasteiger partial charge in [-0.1, -0.05) is 45.0 Å². The summed E-state index contributed by atoms with van der Waals surface area (Å²) in [5, 5.41) is 0. The number of alkyl halides is 6. The van der Waals surface area contributed by atoms with E-state index in [0.717, 1.165) is 18.6 Å². The minimum absolute atomic E-state index is 0.174. The second-order valence-electron chi connectivity index (χ2n) is 5.94. The molecule has 0 atom stereocenters. The van der Waals surface area contributed by atoms with E-state index in [-0.39, 0.29) is 12.3 Å². The van der Waals surface area contributed by atoms with Crippen LogP contribution in [0.3, 0.4) is 0 Å². The van der Waals surface area contributed by atoms with Crippen LogP contribution in [0.5, 0.6) is 0 Å². The number of hydrogen-bond acceptors (Lipinski definition) is 0. The zero-order chi connectivity index (χ0) is 16.7. The average molecular weight is 312 g/mol. The van der Waals surface area contributed by atoms with Gasteiger partial charge in [0.15, 0.2) is 5.41 Å². The Morgan fingerprint density at radius 1 is 0.714 bits per heavy atom. The maximum Gasteiger partial charge on any atom is 0.406 e. The average Bonchev–Trinajstić information content (AvgIpc) is 2.35. The lowest BCUT2D eigenvalue weighted by atomic mass is 9.77. The van der Waals surface area contributed by atoms with E-state index >= 15 is 0 Å². The fourth-order valence-corrected chi connectivity index (χ4v) is 1.95. The van der Waals surface area contributed by atoms with Crippen LogP contribution in [0.15, 0.2) is 24.3 Å². The van der Waals surface area contributed by atoms with Gasteiger partial charge in [-0.25, -0.2) is 0 Å². The van der Waals surface area contributed by atoms with Crippen molar-refractivity contribution < 1.29 is 26.3 Å². The highest BCUT2D eigenvalue weighted by Gasteiger charge is 2.68. The van der Waals surface area contributed by atoms with Crippen LogP contribution in [0.1, 0.15) is 45.2 Å². The summed E-state index contributed by atoms with van der Waals surface area (Å²) in [6.07, 6.45) is -10.1. The van der Waals surface area contributed by atoms with Gasteiger partial charge in [-0.15, -0.1) is 0 Å². The minimum atomic E-state index is -5.41. The fraction of sp³-hybridized carbons (Fsp3) is 0.600. The Morgan fingerprint density at radius 2 is 1.05 bits per heavy atom. The quantitative estimate of drug-likeness (QED) is 0.623. The van der Waals surface area contributed by atoms with Crippen LogP contribution < -0.4 is 0 Å². The van der Waals surface area contributed by atoms with Gasteiger partial charge in [-0.3, -0.25) is 0 Å². The summed E-state index contributed by atoms with van der Waals surface area (Å²) in [6.45, 7) is 5.85. The molecule has 0 saturated heterocycles. The predicted octanol–water partition coefficient (Wildman–Crippen LogP) is 5.76. The first-order valence-corrected chi connectivity index (χ1v) is 6.52. The van der Waals surface area contributed by atoms with Gasteiger partial charge in [0.2, 0.25) is 0 Å². The Bertz CT molecular complexity index is 464. The summed E-state index contributed by atoms with van der Waals surface area (Å²) in [4.78, 5) is 0. The topological polar surface area (TPSA) is 0 Å². The molecule has 0 heterocycles. The number of halogens is 6. The molecule has 120 valence electrons. The summed E-state index contributed by atoms with van der Waals surface area (Å²) < 4.78 is 77.8. The SMILES string of the molecule is CCC(C)(C)c1ccc(C(C)(C(F)(F)F)C(F)(F)F)cc1. The van der Waals surface area contributed by atoms with Crippen molar-refractivity contribution in [1.29, 1.82) is 0 Å². The molecule has 21 heavy (non-hydrogen) atoms. The summed E-state index contributed by atoms with van der Waals surface area (Å²) in [7, 11) is 0. The van der Waals surface area contributed by atoms with Crippen LogP contribution in [0.4, 0.5) is 26.3 Å². The van der Waals surface area contributed by atoms with Crippen molar-refractivity contribution in [2.75, 3.05) is 0 Å². The van der Waals surface area contributed by atoms with Crippen LogP contribution in [-0.2, 0) is 10.8 Å². The molecule has 1 aromatic rings. The maximum absolute atomic E-state index is 13.0. The zero-order valence-electron chi connectivity index (χ0n) is 12.3. The van der Waals surface area contributed by atoms with Gasteiger partial charge < -0.3 is 0 Å². The molecule has 0 N–H and O–H groups in total. The van der Waals surface area contributed by atoms with E-state index in [4.69, 9.17) is 0 Å². The van der Waals surface area contributed by atoms with E-state index in [1.54, 1.807) is 0 Å². The molecule has 6 heteroatoms. The first-order chi connectivity index (χ1) is 9.27. The number of hydrogen-bond donors (Lipinski definition) is 0. The van der Waals surface area contributed by atoms with Crippen molar-refractivity contribution in [3.63, 3.8) is 0 Å². The molecule has 0 aliphatic rings. The Balaban J connectivity index is 3.37. The lowest BCUT2D eigenvalue weighted by Crippen LogP contribution is -2.51. The van der Waals surface area contributed by atoms with E-state index in [1.165, 1.54) is 12.1 Å². The molecule has 0 unspecified atom stereocenters. The van der Waals surface area contributed by atoms with Gasteiger partial charge in [-0.2, -0.15) is 26.3 Å². The molecule has 0 saturated carbocycles. The van der Waals surface area contributed by atoms with Gasteiger partial charge in [0.05, 0.1) is 0 Å². The summed E-state index contributed by atoms with van der Waals surface area (Å²) >= 11 is 0. The Labute approximate surface area is 120 Å². The molecule has 0 bridgehead atoms. The first-order valence-electron chi connectivity index (χ1n) is 6.52. The maximum atomic E-state index is 13.0. The van der Waals surface area contributed by atoms with Gasteiger partial charge in [-0.05, 0) is 29.9 Å². The highest BCUT2D eigenvalue weighted by molar-refractivity contribution is 5.34. The highest BCUT2D eigenvalue weighted by atomic mass is 19.4. The zero-order valence-corrected chi connectivity index (χ0v) is 12.3. The largest absolute Gasteiger partial charge is 0.406 e. The Hall–Kier alpha value is -1.20. The molecule has 0 aliphatic heterocycles. The van der Waals surface area contributed by atoms with Crippen molar-refractivity contribution in [2.24, 2.45) is 0 Å². The molecule has 0 aliphatic carbocycles. The standard InChI is InChI=1S/C15H18F6/c1-5-12(2,3)10-6-8-11(9-7-10)13(4,14(16,17)18)15(19,20)21/h6-9H,5H2,1-4H3. The smallest absolute Gasteiger partial charge is 0.170 e. The molecule has 0 amide bonds. The molecule has 0 aromatic heterocycles. The highest BCUT2D eigenvalue weighted by Crippen LogP contribution is 2.51. The number of benzene rings is 1. The molecular weight excluding hydrogens is 294 g/mol. The summed E-state index contributed by atoms with van der Waals surface area (Å²) in [6, 6.07) is 4.53. The monoisotopic (exact) mass is 312 g/mol. The van der Waals surface area contributed by atoms with Crippen LogP contribution in [0, 0.1) is 0 Å². The third kappa shape index (κ3) is 3.04. The van der Waals surface area contributed by atoms with Gasteiger partial charge >= 0.3 is 12.4 Å². The second-order valence-corrected chi connectivity index (χ2v) is 5.94. The van der Waals surface area contributed by atoms with Crippen molar-refractivity contribution in [1.82, 2.24) is 0 Å². The van der Waals surface area contributed by atoms with Crippen LogP contribution >= 0.6 is 0 Å². The van der Waals surface area contributed by atoms with Gasteiger partial charge in [0, 0.05) is 0 Å². The van der Waals surface area contributed by atoms with Crippen LogP contribution in [0.2, 0.25) is 0 Å². The van der Waals surface area contributed by atoms with E-state index in [2.05, 4.69) is 0 Å². The van der Waals surface area contributed by atoms with Crippen LogP contribution in [-0.4, -0.2) is 12.4 Å². The third-order valence-corrected chi connectivity index (χ3v) is 4.26.